The number of rotatable bonds is 5. The van der Waals surface area contributed by atoms with Gasteiger partial charge in [0.05, 0.1) is 0 Å². The molecule has 2 nitrogen and oxygen atoms in total. The molecule has 0 aliphatic heterocycles. The van der Waals surface area contributed by atoms with Crippen LogP contribution in [0.1, 0.15) is 10.4 Å². The molecule has 1 atom stereocenters. The lowest BCUT2D eigenvalue weighted by Crippen LogP contribution is -2.38. The van der Waals surface area contributed by atoms with Crippen molar-refractivity contribution in [1.29, 1.82) is 0 Å². The second-order valence-corrected chi connectivity index (χ2v) is 5.53. The molecule has 0 amide bonds. The third-order valence-electron chi connectivity index (χ3n) is 2.74. The highest BCUT2D eigenvalue weighted by Crippen LogP contribution is 2.20. The standard InChI is InChI=1S/C13H14ClFN2S/c14-13-7-10(15)4-3-9(13)6-11(17-16)8-12-2-1-5-18-12/h1-5,7,11,17H,6,8,16H2. The van der Waals surface area contributed by atoms with Crippen molar-refractivity contribution in [2.45, 2.75) is 18.9 Å². The molecule has 1 aromatic heterocycles. The molecule has 2 aromatic rings. The normalized spacial score (nSPS) is 12.6. The summed E-state index contributed by atoms with van der Waals surface area (Å²) in [7, 11) is 0. The van der Waals surface area contributed by atoms with Crippen molar-refractivity contribution in [2.24, 2.45) is 5.84 Å². The van der Waals surface area contributed by atoms with Crippen molar-refractivity contribution >= 4 is 22.9 Å². The summed E-state index contributed by atoms with van der Waals surface area (Å²) in [6.45, 7) is 0. The maximum atomic E-state index is 12.9. The van der Waals surface area contributed by atoms with Gasteiger partial charge in [-0.1, -0.05) is 23.7 Å². The average molecular weight is 285 g/mol. The van der Waals surface area contributed by atoms with Crippen LogP contribution in [-0.4, -0.2) is 6.04 Å². The van der Waals surface area contributed by atoms with E-state index in [2.05, 4.69) is 11.5 Å². The van der Waals surface area contributed by atoms with Gasteiger partial charge in [-0.15, -0.1) is 11.3 Å². The Morgan fingerprint density at radius 1 is 1.33 bits per heavy atom. The predicted molar refractivity (Wildman–Crippen MR) is 74.2 cm³/mol. The highest BCUT2D eigenvalue weighted by molar-refractivity contribution is 7.09. The SMILES string of the molecule is NNC(Cc1cccs1)Cc1ccc(F)cc1Cl. The average Bonchev–Trinajstić information content (AvgIpc) is 2.84. The minimum absolute atomic E-state index is 0.0895. The first-order valence-electron chi connectivity index (χ1n) is 5.61. The summed E-state index contributed by atoms with van der Waals surface area (Å²) in [5.41, 5.74) is 3.69. The van der Waals surface area contributed by atoms with E-state index in [1.165, 1.54) is 17.0 Å². The summed E-state index contributed by atoms with van der Waals surface area (Å²) < 4.78 is 12.9. The van der Waals surface area contributed by atoms with Crippen LogP contribution < -0.4 is 11.3 Å². The summed E-state index contributed by atoms with van der Waals surface area (Å²) in [6, 6.07) is 8.62. The Labute approximate surface area is 115 Å². The second-order valence-electron chi connectivity index (χ2n) is 4.09. The van der Waals surface area contributed by atoms with Crippen molar-refractivity contribution in [1.82, 2.24) is 5.43 Å². The minimum atomic E-state index is -0.320. The minimum Gasteiger partial charge on any atom is -0.271 e. The van der Waals surface area contributed by atoms with Crippen molar-refractivity contribution in [2.75, 3.05) is 0 Å². The summed E-state index contributed by atoms with van der Waals surface area (Å²) >= 11 is 7.70. The fourth-order valence-corrected chi connectivity index (χ4v) is 2.85. The Morgan fingerprint density at radius 3 is 2.78 bits per heavy atom. The molecule has 96 valence electrons. The lowest BCUT2D eigenvalue weighted by atomic mass is 10.0. The Bertz CT molecular complexity index is 502. The van der Waals surface area contributed by atoms with Crippen LogP contribution in [0.2, 0.25) is 5.02 Å². The predicted octanol–water partition coefficient (Wildman–Crippen LogP) is 3.16. The molecular formula is C13H14ClFN2S. The van der Waals surface area contributed by atoms with Gasteiger partial charge in [-0.3, -0.25) is 11.3 Å². The van der Waals surface area contributed by atoms with Gasteiger partial charge < -0.3 is 0 Å². The summed E-state index contributed by atoms with van der Waals surface area (Å²) in [4.78, 5) is 1.26. The van der Waals surface area contributed by atoms with Crippen LogP contribution in [0.5, 0.6) is 0 Å². The molecule has 2 rings (SSSR count). The molecule has 1 unspecified atom stereocenters. The van der Waals surface area contributed by atoms with Gasteiger partial charge in [0.2, 0.25) is 0 Å². The zero-order chi connectivity index (χ0) is 13.0. The van der Waals surface area contributed by atoms with E-state index in [-0.39, 0.29) is 11.9 Å². The molecule has 0 aliphatic carbocycles. The molecule has 0 radical (unpaired) electrons. The first kappa shape index (κ1) is 13.5. The highest BCUT2D eigenvalue weighted by Gasteiger charge is 2.12. The first-order valence-corrected chi connectivity index (χ1v) is 6.87. The molecule has 0 saturated carbocycles. The third-order valence-corrected chi connectivity index (χ3v) is 4.00. The maximum absolute atomic E-state index is 12.9. The van der Waals surface area contributed by atoms with Crippen LogP contribution in [0.15, 0.2) is 35.7 Å². The van der Waals surface area contributed by atoms with Crippen molar-refractivity contribution in [3.63, 3.8) is 0 Å². The Morgan fingerprint density at radius 2 is 2.17 bits per heavy atom. The van der Waals surface area contributed by atoms with Crippen molar-refractivity contribution in [3.8, 4) is 0 Å². The molecular weight excluding hydrogens is 271 g/mol. The molecule has 5 heteroatoms. The highest BCUT2D eigenvalue weighted by atomic mass is 35.5. The molecule has 0 aliphatic rings. The molecule has 3 N–H and O–H groups in total. The van der Waals surface area contributed by atoms with Crippen molar-refractivity contribution in [3.05, 3.63) is 57.0 Å². The van der Waals surface area contributed by atoms with Crippen LogP contribution >= 0.6 is 22.9 Å². The van der Waals surface area contributed by atoms with Crippen LogP contribution in [-0.2, 0) is 12.8 Å². The lowest BCUT2D eigenvalue weighted by Gasteiger charge is -2.15. The molecule has 1 heterocycles. The Hall–Kier alpha value is -0.940. The smallest absolute Gasteiger partial charge is 0.124 e. The van der Waals surface area contributed by atoms with Gasteiger partial charge in [0.15, 0.2) is 0 Å². The van der Waals surface area contributed by atoms with Gasteiger partial charge in [-0.05, 0) is 42.0 Å². The van der Waals surface area contributed by atoms with E-state index in [1.807, 2.05) is 11.4 Å². The lowest BCUT2D eigenvalue weighted by molar-refractivity contribution is 0.525. The fourth-order valence-electron chi connectivity index (χ4n) is 1.81. The van der Waals surface area contributed by atoms with Gasteiger partial charge in [0.1, 0.15) is 5.82 Å². The fraction of sp³-hybridized carbons (Fsp3) is 0.231. The van der Waals surface area contributed by atoms with E-state index in [9.17, 15) is 4.39 Å². The van der Waals surface area contributed by atoms with Gasteiger partial charge in [-0.25, -0.2) is 4.39 Å². The zero-order valence-corrected chi connectivity index (χ0v) is 11.3. The van der Waals surface area contributed by atoms with E-state index in [1.54, 1.807) is 17.4 Å². The summed E-state index contributed by atoms with van der Waals surface area (Å²) in [5, 5.41) is 2.48. The molecule has 0 fully saturated rings. The molecule has 0 spiro atoms. The summed E-state index contributed by atoms with van der Waals surface area (Å²) in [5.74, 6) is 5.23. The largest absolute Gasteiger partial charge is 0.271 e. The number of halogens is 2. The van der Waals surface area contributed by atoms with E-state index in [4.69, 9.17) is 17.4 Å². The quantitative estimate of drug-likeness (QED) is 0.654. The molecule has 0 bridgehead atoms. The number of nitrogens with one attached hydrogen (secondary N) is 1. The molecule has 1 aromatic carbocycles. The number of benzene rings is 1. The maximum Gasteiger partial charge on any atom is 0.124 e. The van der Waals surface area contributed by atoms with Crippen LogP contribution in [0.25, 0.3) is 0 Å². The van der Waals surface area contributed by atoms with Gasteiger partial charge in [-0.2, -0.15) is 0 Å². The van der Waals surface area contributed by atoms with Crippen LogP contribution in [0, 0.1) is 5.82 Å². The van der Waals surface area contributed by atoms with Crippen LogP contribution in [0.3, 0.4) is 0 Å². The Kier molecular flexibility index (Phi) is 4.72. The number of hydrogen-bond donors (Lipinski definition) is 2. The zero-order valence-electron chi connectivity index (χ0n) is 9.70. The Balaban J connectivity index is 2.05. The van der Waals surface area contributed by atoms with Crippen molar-refractivity contribution < 1.29 is 4.39 Å². The topological polar surface area (TPSA) is 38.0 Å². The van der Waals surface area contributed by atoms with E-state index < -0.39 is 0 Å². The third kappa shape index (κ3) is 3.53. The van der Waals surface area contributed by atoms with E-state index in [0.717, 1.165) is 12.0 Å². The monoisotopic (exact) mass is 284 g/mol. The molecule has 18 heavy (non-hydrogen) atoms. The van der Waals surface area contributed by atoms with E-state index in [0.29, 0.717) is 11.4 Å². The number of nitrogens with two attached hydrogens (primary N) is 1. The number of hydrogen-bond acceptors (Lipinski definition) is 3. The first-order chi connectivity index (χ1) is 8.69. The van der Waals surface area contributed by atoms with Gasteiger partial charge >= 0.3 is 0 Å². The van der Waals surface area contributed by atoms with E-state index >= 15 is 0 Å². The summed E-state index contributed by atoms with van der Waals surface area (Å²) in [6.07, 6.45) is 1.51. The van der Waals surface area contributed by atoms with Crippen LogP contribution in [0.4, 0.5) is 4.39 Å². The number of thiophene rings is 1. The van der Waals surface area contributed by atoms with Gasteiger partial charge in [0, 0.05) is 15.9 Å². The van der Waals surface area contributed by atoms with Gasteiger partial charge in [0.25, 0.3) is 0 Å². The number of hydrazine groups is 1. The second kappa shape index (κ2) is 6.29. The molecule has 0 saturated heterocycles.